The van der Waals surface area contributed by atoms with E-state index in [1.807, 2.05) is 18.2 Å². The van der Waals surface area contributed by atoms with Crippen LogP contribution in [-0.4, -0.2) is 41.7 Å². The van der Waals surface area contributed by atoms with Gasteiger partial charge in [-0.25, -0.2) is 12.8 Å². The summed E-state index contributed by atoms with van der Waals surface area (Å²) in [5.74, 6) is 0.0188. The number of nitrogens with zero attached hydrogens (tertiary/aromatic N) is 3. The number of nitrogens with two attached hydrogens (primary N) is 1. The average Bonchev–Trinajstić information content (AvgIpc) is 3.51. The van der Waals surface area contributed by atoms with Gasteiger partial charge in [0.25, 0.3) is 10.0 Å². The lowest BCUT2D eigenvalue weighted by Crippen LogP contribution is -2.23. The predicted molar refractivity (Wildman–Crippen MR) is 155 cm³/mol. The molecule has 216 valence electrons. The van der Waals surface area contributed by atoms with Crippen molar-refractivity contribution in [2.75, 3.05) is 17.8 Å². The molecule has 0 bridgehead atoms. The van der Waals surface area contributed by atoms with Crippen molar-refractivity contribution < 1.29 is 22.4 Å². The van der Waals surface area contributed by atoms with E-state index in [2.05, 4.69) is 25.2 Å². The van der Waals surface area contributed by atoms with Crippen molar-refractivity contribution >= 4 is 15.7 Å². The normalized spacial score (nSPS) is 13.0. The summed E-state index contributed by atoms with van der Waals surface area (Å²) in [4.78, 5) is 8.39. The molecule has 42 heavy (non-hydrogen) atoms. The molecule has 2 heterocycles. The van der Waals surface area contributed by atoms with E-state index in [0.29, 0.717) is 36.3 Å². The quantitative estimate of drug-likeness (QED) is 0.158. The number of anilines is 1. The van der Waals surface area contributed by atoms with Crippen molar-refractivity contribution in [2.45, 2.75) is 23.5 Å². The highest BCUT2D eigenvalue weighted by Gasteiger charge is 2.19. The Kier molecular flexibility index (Phi) is 8.98. The van der Waals surface area contributed by atoms with Crippen LogP contribution in [-0.2, 0) is 16.4 Å². The standard InChI is InChI=1S/C30H29FN6O4S/c31-24-9-5-21(6-10-24)28(32)30-35-29(36-41-30)22-7-13-26(14-8-22)42(39,40)37-25-11-3-20(4-12-25)15-17-34-19-27(38)23-2-1-16-33-18-23/h1-14,16,18,27-28,34,37-38H,15,17,19,32H2/t27-,28?/m0/s1. The molecule has 2 aromatic heterocycles. The van der Waals surface area contributed by atoms with Gasteiger partial charge in [0.2, 0.25) is 11.7 Å². The molecule has 1 unspecified atom stereocenters. The van der Waals surface area contributed by atoms with Crippen molar-refractivity contribution in [1.29, 1.82) is 0 Å². The summed E-state index contributed by atoms with van der Waals surface area (Å²) in [7, 11) is -3.84. The molecule has 2 atom stereocenters. The minimum absolute atomic E-state index is 0.0680. The minimum Gasteiger partial charge on any atom is -0.387 e. The van der Waals surface area contributed by atoms with Crippen LogP contribution in [0.3, 0.4) is 0 Å². The zero-order chi connectivity index (χ0) is 29.5. The summed E-state index contributed by atoms with van der Waals surface area (Å²) < 4.78 is 47.0. The Morgan fingerprint density at radius 1 is 0.952 bits per heavy atom. The average molecular weight is 589 g/mol. The van der Waals surface area contributed by atoms with E-state index in [1.165, 1.54) is 24.3 Å². The number of sulfonamides is 1. The molecule has 5 aromatic rings. The van der Waals surface area contributed by atoms with E-state index in [0.717, 1.165) is 11.1 Å². The largest absolute Gasteiger partial charge is 0.387 e. The van der Waals surface area contributed by atoms with Crippen LogP contribution in [0.2, 0.25) is 0 Å². The van der Waals surface area contributed by atoms with Gasteiger partial charge in [0.05, 0.1) is 11.0 Å². The number of hydrogen-bond donors (Lipinski definition) is 4. The van der Waals surface area contributed by atoms with Crippen LogP contribution in [0.1, 0.15) is 34.7 Å². The first-order valence-corrected chi connectivity index (χ1v) is 14.6. The number of aliphatic hydroxyl groups is 1. The number of pyridine rings is 1. The molecule has 0 aliphatic heterocycles. The highest BCUT2D eigenvalue weighted by Crippen LogP contribution is 2.24. The molecule has 5 N–H and O–H groups in total. The monoisotopic (exact) mass is 588 g/mol. The zero-order valence-corrected chi connectivity index (χ0v) is 23.2. The fraction of sp³-hybridized carbons (Fsp3) is 0.167. The van der Waals surface area contributed by atoms with Crippen molar-refractivity contribution in [1.82, 2.24) is 20.4 Å². The molecule has 0 spiro atoms. The van der Waals surface area contributed by atoms with Crippen LogP contribution in [0.25, 0.3) is 11.4 Å². The van der Waals surface area contributed by atoms with Crippen LogP contribution < -0.4 is 15.8 Å². The summed E-state index contributed by atoms with van der Waals surface area (Å²) in [6.07, 6.45) is 3.37. The summed E-state index contributed by atoms with van der Waals surface area (Å²) in [6.45, 7) is 1.05. The first kappa shape index (κ1) is 29.0. The van der Waals surface area contributed by atoms with E-state index in [4.69, 9.17) is 10.3 Å². The van der Waals surface area contributed by atoms with Crippen LogP contribution in [0.4, 0.5) is 10.1 Å². The van der Waals surface area contributed by atoms with Crippen LogP contribution in [0, 0.1) is 5.82 Å². The Labute approximate surface area is 242 Å². The Bertz CT molecular complexity index is 1700. The van der Waals surface area contributed by atoms with E-state index in [1.54, 1.807) is 54.9 Å². The van der Waals surface area contributed by atoms with Crippen molar-refractivity contribution in [3.63, 3.8) is 0 Å². The fourth-order valence-corrected chi connectivity index (χ4v) is 5.25. The molecule has 0 saturated carbocycles. The van der Waals surface area contributed by atoms with Gasteiger partial charge in [-0.2, -0.15) is 4.98 Å². The molecule has 0 fully saturated rings. The number of halogens is 1. The molecule has 0 amide bonds. The Hall–Kier alpha value is -4.49. The topological polar surface area (TPSA) is 156 Å². The number of nitrogens with one attached hydrogen (secondary N) is 2. The maximum Gasteiger partial charge on any atom is 0.261 e. The van der Waals surface area contributed by atoms with Crippen LogP contribution >= 0.6 is 0 Å². The third-order valence-electron chi connectivity index (χ3n) is 6.56. The lowest BCUT2D eigenvalue weighted by molar-refractivity contribution is 0.174. The molecule has 5 rings (SSSR count). The highest BCUT2D eigenvalue weighted by atomic mass is 32.2. The maximum atomic E-state index is 13.2. The predicted octanol–water partition coefficient (Wildman–Crippen LogP) is 3.99. The Morgan fingerprint density at radius 3 is 2.38 bits per heavy atom. The SMILES string of the molecule is NC(c1ccc(F)cc1)c1nc(-c2ccc(S(=O)(=O)Nc3ccc(CCNC[C@H](O)c4cccnc4)cc3)cc2)no1. The fourth-order valence-electron chi connectivity index (χ4n) is 4.19. The number of rotatable bonds is 12. The van der Waals surface area contributed by atoms with Gasteiger partial charge in [0, 0.05) is 35.8 Å². The van der Waals surface area contributed by atoms with Gasteiger partial charge in [-0.1, -0.05) is 35.5 Å². The second-order valence-corrected chi connectivity index (χ2v) is 11.3. The van der Waals surface area contributed by atoms with Gasteiger partial charge < -0.3 is 20.7 Å². The summed E-state index contributed by atoms with van der Waals surface area (Å²) in [5.41, 5.74) is 9.52. The van der Waals surface area contributed by atoms with Gasteiger partial charge in [0.15, 0.2) is 0 Å². The summed E-state index contributed by atoms with van der Waals surface area (Å²) in [5, 5.41) is 17.4. The first-order chi connectivity index (χ1) is 20.3. The van der Waals surface area contributed by atoms with Gasteiger partial charge in [-0.3, -0.25) is 9.71 Å². The van der Waals surface area contributed by atoms with Crippen molar-refractivity contribution in [2.24, 2.45) is 5.73 Å². The second-order valence-electron chi connectivity index (χ2n) is 9.57. The summed E-state index contributed by atoms with van der Waals surface area (Å²) in [6, 6.07) is 21.7. The zero-order valence-electron chi connectivity index (χ0n) is 22.4. The molecule has 12 heteroatoms. The lowest BCUT2D eigenvalue weighted by atomic mass is 10.1. The number of hydrogen-bond acceptors (Lipinski definition) is 9. The molecule has 0 aliphatic carbocycles. The molecule has 3 aromatic carbocycles. The van der Waals surface area contributed by atoms with Crippen molar-refractivity contribution in [3.05, 3.63) is 126 Å². The van der Waals surface area contributed by atoms with Gasteiger partial charge in [0.1, 0.15) is 11.9 Å². The Balaban J connectivity index is 1.14. The molecule has 10 nitrogen and oxygen atoms in total. The van der Waals surface area contributed by atoms with E-state index < -0.39 is 22.2 Å². The molecular weight excluding hydrogens is 559 g/mol. The van der Waals surface area contributed by atoms with Gasteiger partial charge in [-0.05, 0) is 78.7 Å². The summed E-state index contributed by atoms with van der Waals surface area (Å²) >= 11 is 0. The van der Waals surface area contributed by atoms with Crippen LogP contribution in [0.5, 0.6) is 0 Å². The second kappa shape index (κ2) is 13.0. The Morgan fingerprint density at radius 2 is 1.69 bits per heavy atom. The highest BCUT2D eigenvalue weighted by molar-refractivity contribution is 7.92. The molecule has 0 saturated heterocycles. The van der Waals surface area contributed by atoms with E-state index >= 15 is 0 Å². The third kappa shape index (κ3) is 7.22. The van der Waals surface area contributed by atoms with Gasteiger partial charge >= 0.3 is 0 Å². The number of benzene rings is 3. The molecular formula is C30H29FN6O4S. The number of aromatic nitrogens is 3. The smallest absolute Gasteiger partial charge is 0.261 e. The lowest BCUT2D eigenvalue weighted by Gasteiger charge is -2.12. The third-order valence-corrected chi connectivity index (χ3v) is 7.96. The first-order valence-electron chi connectivity index (χ1n) is 13.1. The maximum absolute atomic E-state index is 13.2. The van der Waals surface area contributed by atoms with E-state index in [9.17, 15) is 17.9 Å². The molecule has 0 aliphatic rings. The minimum atomic E-state index is -3.84. The van der Waals surface area contributed by atoms with Crippen molar-refractivity contribution in [3.8, 4) is 11.4 Å². The van der Waals surface area contributed by atoms with Gasteiger partial charge in [-0.15, -0.1) is 0 Å². The van der Waals surface area contributed by atoms with Crippen LogP contribution in [0.15, 0.2) is 107 Å². The van der Waals surface area contributed by atoms with E-state index in [-0.39, 0.29) is 22.4 Å². The number of aliphatic hydroxyl groups excluding tert-OH is 1. The molecule has 0 radical (unpaired) electrons.